The van der Waals surface area contributed by atoms with Crippen molar-refractivity contribution in [3.63, 3.8) is 0 Å². The van der Waals surface area contributed by atoms with Crippen LogP contribution in [0.15, 0.2) is 0 Å². The molecule has 0 aliphatic rings. The Morgan fingerprint density at radius 3 is 1.26 bits per heavy atom. The summed E-state index contributed by atoms with van der Waals surface area (Å²) in [6, 6.07) is 0. The summed E-state index contributed by atoms with van der Waals surface area (Å²) in [4.78, 5) is 0. The van der Waals surface area contributed by atoms with Gasteiger partial charge in [-0.1, -0.05) is 96.7 Å². The molecule has 0 fully saturated rings. The Balaban J connectivity index is 4.93. The molecule has 0 atom stereocenters. The van der Waals surface area contributed by atoms with Crippen LogP contribution in [0.2, 0.25) is 10.6 Å². The summed E-state index contributed by atoms with van der Waals surface area (Å²) in [6.45, 7) is 24.5. The predicted octanol–water partition coefficient (Wildman–Crippen LogP) is 6.41. The highest BCUT2D eigenvalue weighted by Gasteiger charge is 2.37. The van der Waals surface area contributed by atoms with E-state index in [9.17, 15) is 0 Å². The van der Waals surface area contributed by atoms with E-state index in [-0.39, 0.29) is 7.92 Å². The van der Waals surface area contributed by atoms with Crippen LogP contribution in [0.5, 0.6) is 0 Å². The van der Waals surface area contributed by atoms with E-state index in [1.165, 1.54) is 0 Å². The first-order valence-electron chi connectivity index (χ1n) is 8.11. The number of hydrogen-bond acceptors (Lipinski definition) is 0. The second-order valence-corrected chi connectivity index (χ2v) is 16.8. The molecule has 0 saturated heterocycles. The van der Waals surface area contributed by atoms with Gasteiger partial charge in [0.1, 0.15) is 0 Å². The van der Waals surface area contributed by atoms with Crippen molar-refractivity contribution in [2.75, 3.05) is 5.02 Å². The molecule has 114 valence electrons. The van der Waals surface area contributed by atoms with Crippen molar-refractivity contribution < 1.29 is 0 Å². The molecule has 0 aliphatic carbocycles. The Morgan fingerprint density at radius 1 is 0.737 bits per heavy atom. The van der Waals surface area contributed by atoms with Crippen LogP contribution in [0.25, 0.3) is 0 Å². The van der Waals surface area contributed by atoms with Crippen molar-refractivity contribution in [1.82, 2.24) is 0 Å². The van der Waals surface area contributed by atoms with Gasteiger partial charge in [0.2, 0.25) is 0 Å². The van der Waals surface area contributed by atoms with Gasteiger partial charge < -0.3 is 0 Å². The van der Waals surface area contributed by atoms with Crippen molar-refractivity contribution in [3.05, 3.63) is 0 Å². The summed E-state index contributed by atoms with van der Waals surface area (Å²) in [5.41, 5.74) is 0. The SMILES string of the molecule is CC(C)[CH2][Al]([CH2]C(C)C)[CH2]P(C(C)(C)C)C(C)(C)C. The predicted molar refractivity (Wildman–Crippen MR) is 96.3 cm³/mol. The van der Waals surface area contributed by atoms with Gasteiger partial charge in [0.25, 0.3) is 14.1 Å². The zero-order chi connectivity index (χ0) is 15.4. The average Bonchev–Trinajstić information content (AvgIpc) is 2.07. The highest BCUT2D eigenvalue weighted by molar-refractivity contribution is 7.63. The van der Waals surface area contributed by atoms with E-state index < -0.39 is 14.1 Å². The molecule has 0 nitrogen and oxygen atoms in total. The van der Waals surface area contributed by atoms with Crippen LogP contribution in [0.3, 0.4) is 0 Å². The Morgan fingerprint density at radius 2 is 1.05 bits per heavy atom. The lowest BCUT2D eigenvalue weighted by atomic mass is 10.2. The molecule has 0 unspecified atom stereocenters. The highest BCUT2D eigenvalue weighted by Crippen LogP contribution is 2.59. The van der Waals surface area contributed by atoms with E-state index in [1.807, 2.05) is 0 Å². The zero-order valence-electron chi connectivity index (χ0n) is 15.3. The minimum Gasteiger partial charge on any atom is -0.109 e. The van der Waals surface area contributed by atoms with Crippen LogP contribution in [-0.2, 0) is 0 Å². The number of rotatable bonds is 6. The van der Waals surface area contributed by atoms with E-state index in [0.717, 1.165) is 11.8 Å². The quantitative estimate of drug-likeness (QED) is 0.392. The lowest BCUT2D eigenvalue weighted by Crippen LogP contribution is -2.33. The van der Waals surface area contributed by atoms with Crippen LogP contribution >= 0.6 is 7.92 Å². The Kier molecular flexibility index (Phi) is 8.22. The first kappa shape index (κ1) is 20.0. The van der Waals surface area contributed by atoms with Gasteiger partial charge in [-0.05, 0) is 10.3 Å². The summed E-state index contributed by atoms with van der Waals surface area (Å²) < 4.78 is 0. The minimum absolute atomic E-state index is 0.118. The van der Waals surface area contributed by atoms with E-state index in [4.69, 9.17) is 0 Å². The molecule has 0 heterocycles. The van der Waals surface area contributed by atoms with Gasteiger partial charge in [0, 0.05) is 0 Å². The second-order valence-electron chi connectivity index (χ2n) is 9.08. The summed E-state index contributed by atoms with van der Waals surface area (Å²) in [6.07, 6.45) is 0. The van der Waals surface area contributed by atoms with Gasteiger partial charge in [-0.2, -0.15) is 0 Å². The van der Waals surface area contributed by atoms with Crippen molar-refractivity contribution in [1.29, 1.82) is 0 Å². The summed E-state index contributed by atoms with van der Waals surface area (Å²) in [5.74, 6) is 1.79. The highest BCUT2D eigenvalue weighted by atomic mass is 31.1. The molecule has 0 N–H and O–H groups in total. The smallest absolute Gasteiger partial charge is 0.109 e. The molecule has 0 aliphatic heterocycles. The molecule has 19 heavy (non-hydrogen) atoms. The van der Waals surface area contributed by atoms with Crippen molar-refractivity contribution in [3.8, 4) is 0 Å². The van der Waals surface area contributed by atoms with Crippen LogP contribution in [0.4, 0.5) is 0 Å². The molecule has 0 saturated carbocycles. The lowest BCUT2D eigenvalue weighted by molar-refractivity contribution is 0.685. The summed E-state index contributed by atoms with van der Waals surface area (Å²) >= 11 is -0.578. The van der Waals surface area contributed by atoms with Crippen LogP contribution in [0, 0.1) is 11.8 Å². The Bertz CT molecular complexity index is 221. The topological polar surface area (TPSA) is 0 Å². The fourth-order valence-corrected chi connectivity index (χ4v) is 15.9. The lowest BCUT2D eigenvalue weighted by Gasteiger charge is -2.43. The van der Waals surface area contributed by atoms with Gasteiger partial charge in [-0.15, -0.1) is 7.92 Å². The van der Waals surface area contributed by atoms with Crippen molar-refractivity contribution in [2.45, 2.75) is 90.1 Å². The molecular formula is C17H38AlP. The summed E-state index contributed by atoms with van der Waals surface area (Å²) in [5, 5.41) is 5.70. The first-order valence-corrected chi connectivity index (χ1v) is 12.1. The fourth-order valence-electron chi connectivity index (χ4n) is 3.39. The average molecular weight is 300 g/mol. The van der Waals surface area contributed by atoms with E-state index >= 15 is 0 Å². The van der Waals surface area contributed by atoms with E-state index in [1.54, 1.807) is 15.6 Å². The molecule has 0 bridgehead atoms. The molecular weight excluding hydrogens is 262 g/mol. The van der Waals surface area contributed by atoms with E-state index in [2.05, 4.69) is 69.2 Å². The monoisotopic (exact) mass is 300 g/mol. The second kappa shape index (κ2) is 7.82. The van der Waals surface area contributed by atoms with Gasteiger partial charge in [0.05, 0.1) is 0 Å². The van der Waals surface area contributed by atoms with Crippen LogP contribution in [-0.4, -0.2) is 29.5 Å². The largest absolute Gasteiger partial charge is 0.267 e. The normalized spacial score (nSPS) is 13.7. The maximum absolute atomic E-state index is 2.47. The third kappa shape index (κ3) is 8.76. The maximum Gasteiger partial charge on any atom is 0.267 e. The standard InChI is InChI=1S/C9H20P.2C4H9.Al/c1-8(2,3)10(7)9(4,5)6;2*1-4(2)3;/h7H2,1-6H3;2*4H,1H2,2-3H3;. The Hall–Kier alpha value is 0.962. The molecule has 0 rings (SSSR count). The van der Waals surface area contributed by atoms with Gasteiger partial charge in [0.15, 0.2) is 0 Å². The molecule has 0 amide bonds. The maximum atomic E-state index is 2.47. The van der Waals surface area contributed by atoms with Gasteiger partial charge in [-0.3, -0.25) is 0 Å². The van der Waals surface area contributed by atoms with Crippen LogP contribution in [0.1, 0.15) is 69.2 Å². The Labute approximate surface area is 129 Å². The number of hydrogen-bond donors (Lipinski definition) is 0. The third-order valence-corrected chi connectivity index (χ3v) is 13.7. The molecule has 0 aromatic rings. The molecule has 0 radical (unpaired) electrons. The van der Waals surface area contributed by atoms with Crippen molar-refractivity contribution in [2.24, 2.45) is 11.8 Å². The molecule has 0 aromatic heterocycles. The first-order chi connectivity index (χ1) is 8.34. The minimum atomic E-state index is -0.578. The van der Waals surface area contributed by atoms with Gasteiger partial charge in [-0.25, -0.2) is 0 Å². The molecule has 0 spiro atoms. The van der Waals surface area contributed by atoms with Crippen LogP contribution < -0.4 is 0 Å². The van der Waals surface area contributed by atoms with Gasteiger partial charge >= 0.3 is 0 Å². The van der Waals surface area contributed by atoms with Crippen molar-refractivity contribution >= 4 is 22.1 Å². The zero-order valence-corrected chi connectivity index (χ0v) is 17.3. The summed E-state index contributed by atoms with van der Waals surface area (Å²) in [7, 11) is 0.118. The molecule has 2 heteroatoms. The third-order valence-electron chi connectivity index (χ3n) is 3.67. The van der Waals surface area contributed by atoms with E-state index in [0.29, 0.717) is 10.3 Å². The molecule has 0 aromatic carbocycles. The fraction of sp³-hybridized carbons (Fsp3) is 1.00.